The van der Waals surface area contributed by atoms with Crippen molar-refractivity contribution in [2.45, 2.75) is 18.7 Å². The molecule has 1 aromatic heterocycles. The number of nitrogens with zero attached hydrogens (tertiary/aromatic N) is 2. The second-order valence-electron chi connectivity index (χ2n) is 5.95. The number of carbonyl (C=O) groups is 1. The van der Waals surface area contributed by atoms with Crippen molar-refractivity contribution in [2.24, 2.45) is 0 Å². The number of benzene rings is 1. The molecule has 0 radical (unpaired) electrons. The lowest BCUT2D eigenvalue weighted by Crippen LogP contribution is -2.28. The third-order valence-corrected chi connectivity index (χ3v) is 4.21. The Kier molecular flexibility index (Phi) is 5.01. The third kappa shape index (κ3) is 3.89. The molecule has 0 bridgehead atoms. The van der Waals surface area contributed by atoms with Gasteiger partial charge >= 0.3 is 6.18 Å². The van der Waals surface area contributed by atoms with Crippen molar-refractivity contribution in [2.75, 3.05) is 25.0 Å². The highest BCUT2D eigenvalue weighted by molar-refractivity contribution is 5.99. The molecule has 1 amide bonds. The van der Waals surface area contributed by atoms with Crippen LogP contribution in [0.25, 0.3) is 0 Å². The van der Waals surface area contributed by atoms with Crippen LogP contribution in [0.15, 0.2) is 42.6 Å². The van der Waals surface area contributed by atoms with E-state index in [1.54, 1.807) is 19.2 Å². The molecule has 2 heterocycles. The van der Waals surface area contributed by atoms with Crippen molar-refractivity contribution in [1.29, 1.82) is 0 Å². The average molecular weight is 365 g/mol. The number of rotatable bonds is 4. The van der Waals surface area contributed by atoms with Crippen LogP contribution in [0.3, 0.4) is 0 Å². The second kappa shape index (κ2) is 7.23. The molecule has 1 N–H and O–H groups in total. The highest BCUT2D eigenvalue weighted by atomic mass is 19.4. The first kappa shape index (κ1) is 18.0. The van der Waals surface area contributed by atoms with Gasteiger partial charge in [-0.15, -0.1) is 0 Å². The number of amides is 1. The first-order chi connectivity index (χ1) is 12.4. The Labute approximate surface area is 148 Å². The molecule has 5 nitrogen and oxygen atoms in total. The number of carbonyl (C=O) groups excluding carboxylic acids is 1. The average Bonchev–Trinajstić information content (AvgIpc) is 3.09. The molecule has 1 fully saturated rings. The Hall–Kier alpha value is -2.77. The summed E-state index contributed by atoms with van der Waals surface area (Å²) in [7, 11) is 1.57. The van der Waals surface area contributed by atoms with Gasteiger partial charge in [0.25, 0.3) is 5.91 Å². The fraction of sp³-hybridized carbons (Fsp3) is 0.333. The van der Waals surface area contributed by atoms with E-state index in [0.29, 0.717) is 25.1 Å². The maximum absolute atomic E-state index is 12.6. The van der Waals surface area contributed by atoms with E-state index in [1.165, 1.54) is 6.07 Å². The van der Waals surface area contributed by atoms with Crippen molar-refractivity contribution < 1.29 is 22.7 Å². The van der Waals surface area contributed by atoms with Crippen LogP contribution < -0.4 is 15.0 Å². The minimum atomic E-state index is -4.42. The van der Waals surface area contributed by atoms with Gasteiger partial charge in [-0.1, -0.05) is 12.1 Å². The number of aromatic nitrogens is 1. The van der Waals surface area contributed by atoms with Gasteiger partial charge in [0.2, 0.25) is 5.88 Å². The standard InChI is InChI=1S/C18H18F3N3O2/c1-22-17(25)14-4-2-3-5-15(14)24-9-8-13(11-24)26-16-7-6-12(10-23-16)18(19,20)21/h2-7,10,13H,8-9,11H2,1H3,(H,22,25)/t13-/m0/s1. The lowest BCUT2D eigenvalue weighted by Gasteiger charge is -2.21. The van der Waals surface area contributed by atoms with Gasteiger partial charge in [-0.3, -0.25) is 4.79 Å². The van der Waals surface area contributed by atoms with Gasteiger partial charge in [-0.05, 0) is 18.2 Å². The molecule has 0 saturated carbocycles. The molecule has 0 aliphatic carbocycles. The van der Waals surface area contributed by atoms with Crippen LogP contribution >= 0.6 is 0 Å². The summed E-state index contributed by atoms with van der Waals surface area (Å²) in [4.78, 5) is 17.8. The quantitative estimate of drug-likeness (QED) is 0.905. The number of ether oxygens (including phenoxy) is 1. The molecule has 26 heavy (non-hydrogen) atoms. The number of halogens is 3. The minimum Gasteiger partial charge on any atom is -0.472 e. The van der Waals surface area contributed by atoms with Crippen molar-refractivity contribution in [3.63, 3.8) is 0 Å². The van der Waals surface area contributed by atoms with E-state index < -0.39 is 11.7 Å². The van der Waals surface area contributed by atoms with Gasteiger partial charge in [-0.25, -0.2) is 4.98 Å². The van der Waals surface area contributed by atoms with Gasteiger partial charge in [0, 0.05) is 38.0 Å². The van der Waals surface area contributed by atoms with E-state index in [0.717, 1.165) is 18.0 Å². The fourth-order valence-electron chi connectivity index (χ4n) is 2.91. The summed E-state index contributed by atoms with van der Waals surface area (Å²) in [5.74, 6) is -0.0150. The number of alkyl halides is 3. The lowest BCUT2D eigenvalue weighted by atomic mass is 10.1. The molecule has 1 aromatic carbocycles. The maximum Gasteiger partial charge on any atom is 0.417 e. The predicted molar refractivity (Wildman–Crippen MR) is 90.3 cm³/mol. The van der Waals surface area contributed by atoms with Crippen LogP contribution in [0, 0.1) is 0 Å². The SMILES string of the molecule is CNC(=O)c1ccccc1N1CC[C@H](Oc2ccc(C(F)(F)F)cn2)C1. The lowest BCUT2D eigenvalue weighted by molar-refractivity contribution is -0.137. The first-order valence-electron chi connectivity index (χ1n) is 8.14. The van der Waals surface area contributed by atoms with Crippen LogP contribution in [-0.4, -0.2) is 37.1 Å². The number of hydrogen-bond donors (Lipinski definition) is 1. The van der Waals surface area contributed by atoms with E-state index >= 15 is 0 Å². The number of nitrogens with one attached hydrogen (secondary N) is 1. The monoisotopic (exact) mass is 365 g/mol. The van der Waals surface area contributed by atoms with Gasteiger partial charge in [0.15, 0.2) is 0 Å². The topological polar surface area (TPSA) is 54.5 Å². The van der Waals surface area contributed by atoms with Crippen molar-refractivity contribution in [3.8, 4) is 5.88 Å². The number of anilines is 1. The normalized spacial score (nSPS) is 17.2. The Balaban J connectivity index is 1.67. The van der Waals surface area contributed by atoms with Gasteiger partial charge in [-0.2, -0.15) is 13.2 Å². The summed E-state index contributed by atoms with van der Waals surface area (Å²) in [5, 5.41) is 2.61. The van der Waals surface area contributed by atoms with E-state index in [4.69, 9.17) is 4.74 Å². The maximum atomic E-state index is 12.6. The number of hydrogen-bond acceptors (Lipinski definition) is 4. The van der Waals surface area contributed by atoms with Crippen molar-refractivity contribution in [1.82, 2.24) is 10.3 Å². The first-order valence-corrected chi connectivity index (χ1v) is 8.14. The van der Waals surface area contributed by atoms with Crippen LogP contribution in [-0.2, 0) is 6.18 Å². The molecular weight excluding hydrogens is 347 g/mol. The van der Waals surface area contributed by atoms with Gasteiger partial charge < -0.3 is 15.0 Å². The zero-order valence-electron chi connectivity index (χ0n) is 14.1. The Bertz CT molecular complexity index is 778. The van der Waals surface area contributed by atoms with Crippen LogP contribution in [0.5, 0.6) is 5.88 Å². The molecule has 1 saturated heterocycles. The Morgan fingerprint density at radius 1 is 1.27 bits per heavy atom. The zero-order chi connectivity index (χ0) is 18.7. The zero-order valence-corrected chi connectivity index (χ0v) is 14.1. The summed E-state index contributed by atoms with van der Waals surface area (Å²) < 4.78 is 43.4. The molecule has 1 aliphatic rings. The fourth-order valence-corrected chi connectivity index (χ4v) is 2.91. The van der Waals surface area contributed by atoms with E-state index in [2.05, 4.69) is 10.3 Å². The van der Waals surface area contributed by atoms with E-state index in [9.17, 15) is 18.0 Å². The summed E-state index contributed by atoms with van der Waals surface area (Å²) in [6.07, 6.45) is -3.18. The number of pyridine rings is 1. The molecule has 1 aliphatic heterocycles. The summed E-state index contributed by atoms with van der Waals surface area (Å²) >= 11 is 0. The minimum absolute atomic E-state index is 0.157. The molecule has 2 aromatic rings. The molecule has 0 unspecified atom stereocenters. The van der Waals surface area contributed by atoms with Crippen LogP contribution in [0.2, 0.25) is 0 Å². The Morgan fingerprint density at radius 3 is 2.69 bits per heavy atom. The van der Waals surface area contributed by atoms with E-state index in [-0.39, 0.29) is 17.9 Å². The molecular formula is C18H18F3N3O2. The summed E-state index contributed by atoms with van der Waals surface area (Å²) in [5.41, 5.74) is 0.569. The Morgan fingerprint density at radius 2 is 2.04 bits per heavy atom. The van der Waals surface area contributed by atoms with Crippen LogP contribution in [0.4, 0.5) is 18.9 Å². The predicted octanol–water partition coefficient (Wildman–Crippen LogP) is 3.12. The summed E-state index contributed by atoms with van der Waals surface area (Å²) in [6.45, 7) is 1.20. The van der Waals surface area contributed by atoms with Gasteiger partial charge in [0.1, 0.15) is 6.10 Å². The molecule has 3 rings (SSSR count). The number of para-hydroxylation sites is 1. The highest BCUT2D eigenvalue weighted by Crippen LogP contribution is 2.30. The molecule has 8 heteroatoms. The molecule has 0 spiro atoms. The highest BCUT2D eigenvalue weighted by Gasteiger charge is 2.31. The molecule has 1 atom stereocenters. The second-order valence-corrected chi connectivity index (χ2v) is 5.95. The van der Waals surface area contributed by atoms with Crippen molar-refractivity contribution >= 4 is 11.6 Å². The summed E-state index contributed by atoms with van der Waals surface area (Å²) in [6, 6.07) is 9.45. The van der Waals surface area contributed by atoms with Gasteiger partial charge in [0.05, 0.1) is 17.7 Å². The third-order valence-electron chi connectivity index (χ3n) is 4.21. The largest absolute Gasteiger partial charge is 0.472 e. The molecule has 138 valence electrons. The van der Waals surface area contributed by atoms with E-state index in [1.807, 2.05) is 17.0 Å². The van der Waals surface area contributed by atoms with Crippen LogP contribution in [0.1, 0.15) is 22.3 Å². The smallest absolute Gasteiger partial charge is 0.417 e. The van der Waals surface area contributed by atoms with Crippen molar-refractivity contribution in [3.05, 3.63) is 53.7 Å².